The minimum absolute atomic E-state index is 0.123. The SMILES string of the molecule is O=C(O)CCCCN(Cc1ccc(C(=O)O)cc1)c1ccccc1OCc1ccc(-c2ccccc2)cc1. The zero-order chi connectivity index (χ0) is 26.7. The molecule has 0 aromatic heterocycles. The molecule has 0 aliphatic rings. The van der Waals surface area contributed by atoms with Crippen molar-refractivity contribution >= 4 is 17.6 Å². The average Bonchev–Trinajstić information content (AvgIpc) is 2.94. The van der Waals surface area contributed by atoms with Gasteiger partial charge in [0.05, 0.1) is 11.3 Å². The van der Waals surface area contributed by atoms with E-state index in [2.05, 4.69) is 41.3 Å². The Morgan fingerprint density at radius 2 is 1.32 bits per heavy atom. The Hall–Kier alpha value is -4.58. The number of para-hydroxylation sites is 2. The first-order valence-electron chi connectivity index (χ1n) is 12.6. The lowest BCUT2D eigenvalue weighted by Crippen LogP contribution is -2.24. The van der Waals surface area contributed by atoms with Crippen molar-refractivity contribution < 1.29 is 24.5 Å². The quantitative estimate of drug-likeness (QED) is 0.191. The van der Waals surface area contributed by atoms with Crippen LogP contribution in [0.2, 0.25) is 0 Å². The van der Waals surface area contributed by atoms with Gasteiger partial charge in [0.1, 0.15) is 12.4 Å². The molecule has 6 heteroatoms. The van der Waals surface area contributed by atoms with Gasteiger partial charge in [-0.2, -0.15) is 0 Å². The number of carbonyl (C=O) groups is 2. The van der Waals surface area contributed by atoms with Gasteiger partial charge in [0.15, 0.2) is 0 Å². The van der Waals surface area contributed by atoms with E-state index in [4.69, 9.17) is 9.84 Å². The average molecular weight is 510 g/mol. The smallest absolute Gasteiger partial charge is 0.335 e. The van der Waals surface area contributed by atoms with Gasteiger partial charge in [-0.3, -0.25) is 4.79 Å². The van der Waals surface area contributed by atoms with Gasteiger partial charge in [0.25, 0.3) is 0 Å². The molecule has 0 radical (unpaired) electrons. The molecular weight excluding hydrogens is 478 g/mol. The van der Waals surface area contributed by atoms with Crippen LogP contribution in [0.25, 0.3) is 11.1 Å². The number of nitrogens with zero attached hydrogens (tertiary/aromatic N) is 1. The third-order valence-corrected chi connectivity index (χ3v) is 6.30. The van der Waals surface area contributed by atoms with Crippen LogP contribution in [-0.2, 0) is 17.9 Å². The molecule has 0 atom stereocenters. The molecule has 194 valence electrons. The number of aromatic carboxylic acids is 1. The lowest BCUT2D eigenvalue weighted by molar-refractivity contribution is -0.137. The highest BCUT2D eigenvalue weighted by molar-refractivity contribution is 5.87. The summed E-state index contributed by atoms with van der Waals surface area (Å²) in [4.78, 5) is 24.4. The Morgan fingerprint density at radius 1 is 0.684 bits per heavy atom. The number of carboxylic acid groups (broad SMARTS) is 2. The van der Waals surface area contributed by atoms with E-state index in [9.17, 15) is 14.7 Å². The first-order valence-corrected chi connectivity index (χ1v) is 12.6. The van der Waals surface area contributed by atoms with E-state index in [1.54, 1.807) is 12.1 Å². The molecule has 0 spiro atoms. The van der Waals surface area contributed by atoms with Crippen molar-refractivity contribution in [3.63, 3.8) is 0 Å². The monoisotopic (exact) mass is 509 g/mol. The summed E-state index contributed by atoms with van der Waals surface area (Å²) >= 11 is 0. The van der Waals surface area contributed by atoms with Crippen molar-refractivity contribution in [2.45, 2.75) is 32.4 Å². The molecule has 0 saturated carbocycles. The molecule has 0 heterocycles. The molecule has 38 heavy (non-hydrogen) atoms. The van der Waals surface area contributed by atoms with Crippen molar-refractivity contribution in [2.75, 3.05) is 11.4 Å². The fraction of sp³-hybridized carbons (Fsp3) is 0.188. The highest BCUT2D eigenvalue weighted by Crippen LogP contribution is 2.31. The number of anilines is 1. The van der Waals surface area contributed by atoms with Crippen molar-refractivity contribution in [2.24, 2.45) is 0 Å². The summed E-state index contributed by atoms with van der Waals surface area (Å²) in [5.74, 6) is -1.03. The van der Waals surface area contributed by atoms with E-state index in [1.807, 2.05) is 54.6 Å². The summed E-state index contributed by atoms with van der Waals surface area (Å²) in [6.07, 6.45) is 1.40. The van der Waals surface area contributed by atoms with Crippen molar-refractivity contribution in [1.29, 1.82) is 0 Å². The van der Waals surface area contributed by atoms with Crippen LogP contribution < -0.4 is 9.64 Å². The van der Waals surface area contributed by atoms with Crippen LogP contribution in [0.4, 0.5) is 5.69 Å². The van der Waals surface area contributed by atoms with Gasteiger partial charge in [0, 0.05) is 19.5 Å². The third kappa shape index (κ3) is 7.46. The molecule has 0 aliphatic heterocycles. The van der Waals surface area contributed by atoms with Crippen LogP contribution in [0.5, 0.6) is 5.75 Å². The van der Waals surface area contributed by atoms with Crippen molar-refractivity contribution in [1.82, 2.24) is 0 Å². The largest absolute Gasteiger partial charge is 0.487 e. The van der Waals surface area contributed by atoms with Gasteiger partial charge in [-0.15, -0.1) is 0 Å². The van der Waals surface area contributed by atoms with Crippen LogP contribution in [0.1, 0.15) is 40.7 Å². The molecule has 0 bridgehead atoms. The van der Waals surface area contributed by atoms with Crippen LogP contribution in [-0.4, -0.2) is 28.7 Å². The summed E-state index contributed by atoms with van der Waals surface area (Å²) in [5.41, 5.74) is 5.47. The minimum atomic E-state index is -0.961. The second kappa shape index (κ2) is 13.1. The Kier molecular flexibility index (Phi) is 9.13. The molecule has 4 aromatic rings. The van der Waals surface area contributed by atoms with Gasteiger partial charge >= 0.3 is 11.9 Å². The molecule has 0 unspecified atom stereocenters. The van der Waals surface area contributed by atoms with E-state index in [0.717, 1.165) is 28.1 Å². The zero-order valence-electron chi connectivity index (χ0n) is 21.1. The number of ether oxygens (including phenoxy) is 1. The van der Waals surface area contributed by atoms with Crippen LogP contribution in [0.15, 0.2) is 103 Å². The van der Waals surface area contributed by atoms with E-state index >= 15 is 0 Å². The number of hydrogen-bond donors (Lipinski definition) is 2. The van der Waals surface area contributed by atoms with Gasteiger partial charge in [0.2, 0.25) is 0 Å². The molecule has 4 aromatic carbocycles. The van der Waals surface area contributed by atoms with Crippen molar-refractivity contribution in [3.8, 4) is 16.9 Å². The lowest BCUT2D eigenvalue weighted by atomic mass is 10.0. The second-order valence-corrected chi connectivity index (χ2v) is 9.09. The maximum absolute atomic E-state index is 11.2. The third-order valence-electron chi connectivity index (χ3n) is 6.30. The summed E-state index contributed by atoms with van der Waals surface area (Å²) in [7, 11) is 0. The molecule has 6 nitrogen and oxygen atoms in total. The normalized spacial score (nSPS) is 10.6. The number of unbranched alkanes of at least 4 members (excludes halogenated alkanes) is 1. The maximum Gasteiger partial charge on any atom is 0.335 e. The fourth-order valence-electron chi connectivity index (χ4n) is 4.26. The summed E-state index contributed by atoms with van der Waals surface area (Å²) in [5, 5.41) is 18.2. The predicted octanol–water partition coefficient (Wildman–Crippen LogP) is 6.89. The first-order chi connectivity index (χ1) is 18.5. The Labute approximate surface area is 222 Å². The molecule has 0 amide bonds. The summed E-state index contributed by atoms with van der Waals surface area (Å²) in [6, 6.07) is 33.2. The van der Waals surface area contributed by atoms with Gasteiger partial charge < -0.3 is 19.8 Å². The fourth-order valence-corrected chi connectivity index (χ4v) is 4.26. The molecule has 0 fully saturated rings. The first kappa shape index (κ1) is 26.5. The zero-order valence-corrected chi connectivity index (χ0v) is 21.1. The second-order valence-electron chi connectivity index (χ2n) is 9.09. The summed E-state index contributed by atoms with van der Waals surface area (Å²) in [6.45, 7) is 1.59. The summed E-state index contributed by atoms with van der Waals surface area (Å²) < 4.78 is 6.27. The minimum Gasteiger partial charge on any atom is -0.487 e. The van der Waals surface area contributed by atoms with E-state index in [-0.39, 0.29) is 12.0 Å². The van der Waals surface area contributed by atoms with Crippen LogP contribution >= 0.6 is 0 Å². The Morgan fingerprint density at radius 3 is 2.00 bits per heavy atom. The number of rotatable bonds is 13. The topological polar surface area (TPSA) is 87.1 Å². The maximum atomic E-state index is 11.2. The molecule has 2 N–H and O–H groups in total. The van der Waals surface area contributed by atoms with E-state index < -0.39 is 11.9 Å². The number of benzene rings is 4. The molecule has 0 saturated heterocycles. The standard InChI is InChI=1S/C32H31NO5/c34-31(35)12-6-7-21-33(22-24-13-19-28(20-14-24)32(36)37)29-10-4-5-11-30(29)38-23-25-15-17-27(18-16-25)26-8-2-1-3-9-26/h1-5,8-11,13-20H,6-7,12,21-23H2,(H,34,35)(H,36,37). The molecule has 4 rings (SSSR count). The Balaban J connectivity index is 1.49. The van der Waals surface area contributed by atoms with E-state index in [0.29, 0.717) is 32.5 Å². The van der Waals surface area contributed by atoms with Gasteiger partial charge in [-0.1, -0.05) is 78.9 Å². The van der Waals surface area contributed by atoms with Gasteiger partial charge in [-0.05, 0) is 59.4 Å². The number of hydrogen-bond acceptors (Lipinski definition) is 4. The predicted molar refractivity (Wildman–Crippen MR) is 149 cm³/mol. The number of carboxylic acids is 2. The van der Waals surface area contributed by atoms with Gasteiger partial charge in [-0.25, -0.2) is 4.79 Å². The highest BCUT2D eigenvalue weighted by Gasteiger charge is 2.14. The highest BCUT2D eigenvalue weighted by atomic mass is 16.5. The molecule has 0 aliphatic carbocycles. The van der Waals surface area contributed by atoms with Crippen molar-refractivity contribution in [3.05, 3.63) is 120 Å². The van der Waals surface area contributed by atoms with Crippen LogP contribution in [0.3, 0.4) is 0 Å². The Bertz CT molecular complexity index is 1330. The van der Waals surface area contributed by atoms with Crippen LogP contribution in [0, 0.1) is 0 Å². The molecular formula is C32H31NO5. The number of aliphatic carboxylic acids is 1. The van der Waals surface area contributed by atoms with E-state index in [1.165, 1.54) is 5.56 Å². The lowest BCUT2D eigenvalue weighted by Gasteiger charge is -2.27.